The molecule has 0 aromatic carbocycles. The number of carboxylic acid groups (broad SMARTS) is 3. The number of carboxylic acids is 3. The number of carbonyl (C=O) groups excluding carboxylic acids is 3. The van der Waals surface area contributed by atoms with Crippen molar-refractivity contribution in [1.29, 1.82) is 0 Å². The van der Waals surface area contributed by atoms with E-state index in [1.165, 1.54) is 12.5 Å². The van der Waals surface area contributed by atoms with E-state index in [1.54, 1.807) is 0 Å². The molecule has 0 aliphatic heterocycles. The van der Waals surface area contributed by atoms with Gasteiger partial charge in [0.05, 0.1) is 18.8 Å². The van der Waals surface area contributed by atoms with Crippen molar-refractivity contribution in [3.8, 4) is 0 Å². The summed E-state index contributed by atoms with van der Waals surface area (Å²) in [6.07, 6.45) is 1.95. The van der Waals surface area contributed by atoms with Crippen LogP contribution in [0.2, 0.25) is 0 Å². The van der Waals surface area contributed by atoms with Crippen molar-refractivity contribution >= 4 is 35.6 Å². The maximum absolute atomic E-state index is 13.1. The first-order valence-electron chi connectivity index (χ1n) is 11.4. The lowest BCUT2D eigenvalue weighted by atomic mass is 10.1. The van der Waals surface area contributed by atoms with E-state index >= 15 is 0 Å². The SMILES string of the molecule is NCCCCC(NC(=O)C(CCC(=O)O)NC(=O)C(Cc1cnc[nH]1)NC(=O)C(N)CC(=O)O)C(=O)O. The van der Waals surface area contributed by atoms with E-state index < -0.39 is 72.6 Å². The molecule has 3 amide bonds. The fourth-order valence-corrected chi connectivity index (χ4v) is 3.22. The van der Waals surface area contributed by atoms with Crippen LogP contribution in [0.3, 0.4) is 0 Å². The van der Waals surface area contributed by atoms with Gasteiger partial charge in [-0.2, -0.15) is 0 Å². The predicted molar refractivity (Wildman–Crippen MR) is 126 cm³/mol. The average molecular weight is 528 g/mol. The van der Waals surface area contributed by atoms with Crippen molar-refractivity contribution < 1.29 is 44.1 Å². The normalized spacial score (nSPS) is 14.0. The molecule has 4 atom stereocenters. The summed E-state index contributed by atoms with van der Waals surface area (Å²) in [6, 6.07) is -5.56. The summed E-state index contributed by atoms with van der Waals surface area (Å²) >= 11 is 0. The third kappa shape index (κ3) is 12.0. The monoisotopic (exact) mass is 527 g/mol. The van der Waals surface area contributed by atoms with Crippen LogP contribution in [0.1, 0.15) is 44.2 Å². The Bertz CT molecular complexity index is 939. The van der Waals surface area contributed by atoms with Gasteiger partial charge in [-0.05, 0) is 32.2 Å². The third-order valence-corrected chi connectivity index (χ3v) is 5.18. The molecule has 0 bridgehead atoms. The fraction of sp³-hybridized carbons (Fsp3) is 0.571. The van der Waals surface area contributed by atoms with Crippen molar-refractivity contribution in [3.05, 3.63) is 18.2 Å². The molecule has 4 unspecified atom stereocenters. The van der Waals surface area contributed by atoms with Crippen LogP contribution in [0.25, 0.3) is 0 Å². The van der Waals surface area contributed by atoms with Gasteiger partial charge in [-0.3, -0.25) is 24.0 Å². The molecule has 1 aromatic rings. The Balaban J connectivity index is 3.05. The van der Waals surface area contributed by atoms with Crippen molar-refractivity contribution in [3.63, 3.8) is 0 Å². The second-order valence-electron chi connectivity index (χ2n) is 8.22. The molecule has 0 spiro atoms. The molecule has 1 heterocycles. The lowest BCUT2D eigenvalue weighted by Gasteiger charge is -2.25. The first kappa shape index (κ1) is 31.0. The minimum atomic E-state index is -1.47. The van der Waals surface area contributed by atoms with E-state index in [4.69, 9.17) is 21.7 Å². The molecule has 206 valence electrons. The smallest absolute Gasteiger partial charge is 0.326 e. The highest BCUT2D eigenvalue weighted by molar-refractivity contribution is 5.95. The molecule has 0 saturated carbocycles. The summed E-state index contributed by atoms with van der Waals surface area (Å²) in [7, 11) is 0. The summed E-state index contributed by atoms with van der Waals surface area (Å²) in [5.41, 5.74) is 11.4. The second kappa shape index (κ2) is 15.8. The van der Waals surface area contributed by atoms with Gasteiger partial charge in [0.2, 0.25) is 17.7 Å². The molecule has 0 fully saturated rings. The first-order valence-corrected chi connectivity index (χ1v) is 11.4. The minimum Gasteiger partial charge on any atom is -0.481 e. The van der Waals surface area contributed by atoms with Crippen molar-refractivity contribution in [2.75, 3.05) is 6.54 Å². The number of carbonyl (C=O) groups is 6. The number of rotatable bonds is 18. The zero-order chi connectivity index (χ0) is 28.0. The number of nitrogens with two attached hydrogens (primary N) is 2. The summed E-state index contributed by atoms with van der Waals surface area (Å²) in [5.74, 6) is -6.69. The maximum atomic E-state index is 13.1. The van der Waals surface area contributed by atoms with Gasteiger partial charge >= 0.3 is 17.9 Å². The molecular formula is C21H33N7O9. The summed E-state index contributed by atoms with van der Waals surface area (Å²) in [4.78, 5) is 78.3. The number of hydrogen-bond donors (Lipinski definition) is 9. The minimum absolute atomic E-state index is 0.0673. The van der Waals surface area contributed by atoms with Crippen molar-refractivity contribution in [2.24, 2.45) is 11.5 Å². The Labute approximate surface area is 211 Å². The number of nitrogens with one attached hydrogen (secondary N) is 4. The number of nitrogens with zero attached hydrogens (tertiary/aromatic N) is 1. The van der Waals surface area contributed by atoms with Crippen LogP contribution in [-0.2, 0) is 35.2 Å². The number of aromatic amines is 1. The van der Waals surface area contributed by atoms with Crippen LogP contribution < -0.4 is 27.4 Å². The van der Waals surface area contributed by atoms with Gasteiger partial charge in [0.1, 0.15) is 18.1 Å². The van der Waals surface area contributed by atoms with Gasteiger partial charge in [-0.15, -0.1) is 0 Å². The average Bonchev–Trinajstić information content (AvgIpc) is 3.32. The van der Waals surface area contributed by atoms with Gasteiger partial charge in [0, 0.05) is 24.7 Å². The Kier molecular flexibility index (Phi) is 13.3. The third-order valence-electron chi connectivity index (χ3n) is 5.18. The van der Waals surface area contributed by atoms with Crippen LogP contribution >= 0.6 is 0 Å². The molecule has 0 saturated heterocycles. The van der Waals surface area contributed by atoms with Crippen LogP contribution in [0.4, 0.5) is 0 Å². The number of aliphatic carboxylic acids is 3. The summed E-state index contributed by atoms with van der Waals surface area (Å²) in [6.45, 7) is 0.330. The number of amides is 3. The van der Waals surface area contributed by atoms with Crippen LogP contribution in [-0.4, -0.2) is 91.6 Å². The number of hydrogen-bond acceptors (Lipinski definition) is 9. The number of H-pyrrole nitrogens is 1. The molecule has 1 aromatic heterocycles. The summed E-state index contributed by atoms with van der Waals surface area (Å²) < 4.78 is 0. The number of aromatic nitrogens is 2. The highest BCUT2D eigenvalue weighted by Crippen LogP contribution is 2.06. The first-order chi connectivity index (χ1) is 17.4. The Morgan fingerprint density at radius 2 is 1.49 bits per heavy atom. The molecule has 16 nitrogen and oxygen atoms in total. The molecule has 1 rings (SSSR count). The summed E-state index contributed by atoms with van der Waals surface area (Å²) in [5, 5.41) is 34.3. The molecular weight excluding hydrogens is 494 g/mol. The molecule has 0 aliphatic carbocycles. The van der Waals surface area contributed by atoms with Gasteiger partial charge in [-0.25, -0.2) is 9.78 Å². The topological polar surface area (TPSA) is 280 Å². The zero-order valence-electron chi connectivity index (χ0n) is 20.0. The molecule has 11 N–H and O–H groups in total. The highest BCUT2D eigenvalue weighted by atomic mass is 16.4. The van der Waals surface area contributed by atoms with Gasteiger partial charge < -0.3 is 47.7 Å². The van der Waals surface area contributed by atoms with E-state index in [0.29, 0.717) is 25.1 Å². The lowest BCUT2D eigenvalue weighted by molar-refractivity contribution is -0.143. The van der Waals surface area contributed by atoms with Crippen molar-refractivity contribution in [1.82, 2.24) is 25.9 Å². The molecule has 0 radical (unpaired) electrons. The molecule has 37 heavy (non-hydrogen) atoms. The van der Waals surface area contributed by atoms with E-state index in [9.17, 15) is 33.9 Å². The lowest BCUT2D eigenvalue weighted by Crippen LogP contribution is -2.57. The second-order valence-corrected chi connectivity index (χ2v) is 8.22. The van der Waals surface area contributed by atoms with Gasteiger partial charge in [0.15, 0.2) is 0 Å². The zero-order valence-corrected chi connectivity index (χ0v) is 20.0. The molecule has 0 aliphatic rings. The Morgan fingerprint density at radius 1 is 0.865 bits per heavy atom. The van der Waals surface area contributed by atoms with E-state index in [1.807, 2.05) is 0 Å². The fourth-order valence-electron chi connectivity index (χ4n) is 3.22. The van der Waals surface area contributed by atoms with Crippen LogP contribution in [0, 0.1) is 0 Å². The van der Waals surface area contributed by atoms with E-state index in [-0.39, 0.29) is 19.3 Å². The van der Waals surface area contributed by atoms with Crippen molar-refractivity contribution in [2.45, 2.75) is 69.1 Å². The van der Waals surface area contributed by atoms with Crippen LogP contribution in [0.15, 0.2) is 12.5 Å². The van der Waals surface area contributed by atoms with Crippen LogP contribution in [0.5, 0.6) is 0 Å². The number of unbranched alkanes of at least 4 members (excludes halogenated alkanes) is 1. The quantitative estimate of drug-likeness (QED) is 0.0881. The largest absolute Gasteiger partial charge is 0.481 e. The maximum Gasteiger partial charge on any atom is 0.326 e. The van der Waals surface area contributed by atoms with E-state index in [0.717, 1.165) is 0 Å². The predicted octanol–water partition coefficient (Wildman–Crippen LogP) is -2.71. The number of imidazole rings is 1. The molecule has 16 heteroatoms. The van der Waals surface area contributed by atoms with Gasteiger partial charge in [0.25, 0.3) is 0 Å². The van der Waals surface area contributed by atoms with E-state index in [2.05, 4.69) is 25.9 Å². The Morgan fingerprint density at radius 3 is 2.03 bits per heavy atom. The highest BCUT2D eigenvalue weighted by Gasteiger charge is 2.31. The standard InChI is InChI=1S/C21H33N7O9/c22-6-2-1-3-14(21(36)37)27-19(34)13(4-5-16(29)30)26-20(35)15(7-11-9-24-10-25-11)28-18(33)12(23)8-17(31)32/h9-10,12-15H,1-8,22-23H2,(H,24,25)(H,26,35)(H,27,34)(H,28,33)(H,29,30)(H,31,32)(H,36,37). The van der Waals surface area contributed by atoms with Gasteiger partial charge in [-0.1, -0.05) is 0 Å². The Hall–Kier alpha value is -4.05.